The van der Waals surface area contributed by atoms with Gasteiger partial charge in [0.2, 0.25) is 0 Å². The van der Waals surface area contributed by atoms with Crippen LogP contribution < -0.4 is 5.32 Å². The van der Waals surface area contributed by atoms with Crippen LogP contribution >= 0.6 is 0 Å². The third-order valence-electron chi connectivity index (χ3n) is 6.66. The number of aliphatic imine (C=N–C) groups is 1. The minimum atomic E-state index is -0.116. The number of benzene rings is 1. The molecule has 1 fully saturated rings. The van der Waals surface area contributed by atoms with Crippen LogP contribution in [0.15, 0.2) is 35.6 Å². The van der Waals surface area contributed by atoms with Gasteiger partial charge in [-0.1, -0.05) is 13.8 Å². The number of rotatable bonds is 8. The molecule has 1 aliphatic rings. The van der Waals surface area contributed by atoms with Crippen LogP contribution in [0, 0.1) is 0 Å². The molecule has 4 rings (SSSR count). The van der Waals surface area contributed by atoms with Crippen molar-refractivity contribution in [3.63, 3.8) is 0 Å². The van der Waals surface area contributed by atoms with Gasteiger partial charge in [-0.2, -0.15) is 5.10 Å². The summed E-state index contributed by atoms with van der Waals surface area (Å²) in [5.74, 6) is -0.0506. The zero-order valence-electron chi connectivity index (χ0n) is 20.6. The van der Waals surface area contributed by atoms with Crippen molar-refractivity contribution in [1.29, 1.82) is 0 Å². The van der Waals surface area contributed by atoms with Crippen molar-refractivity contribution < 1.29 is 9.90 Å². The second-order valence-electron chi connectivity index (χ2n) is 9.32. The normalized spacial score (nSPS) is 16.0. The maximum atomic E-state index is 12.5. The molecule has 0 aliphatic carbocycles. The quantitative estimate of drug-likeness (QED) is 0.418. The number of nitrogens with one attached hydrogen (secondary N) is 2. The van der Waals surface area contributed by atoms with Gasteiger partial charge >= 0.3 is 0 Å². The number of aromatic nitrogens is 3. The summed E-state index contributed by atoms with van der Waals surface area (Å²) in [4.78, 5) is 22.9. The molecule has 1 aromatic carbocycles. The largest absolute Gasteiger partial charge is 0.494 e. The Kier molecular flexibility index (Phi) is 7.36. The Labute approximate surface area is 201 Å². The fraction of sp³-hybridized carbons (Fsp3) is 0.500. The highest BCUT2D eigenvalue weighted by Gasteiger charge is 2.23. The molecular weight excluding hydrogens is 428 g/mol. The number of carbonyl (C=O) groups excluding carboxylic acids is 1. The second-order valence-corrected chi connectivity index (χ2v) is 9.32. The molecule has 0 saturated carbocycles. The molecule has 0 atom stereocenters. The molecule has 2 aromatic heterocycles. The van der Waals surface area contributed by atoms with Crippen molar-refractivity contribution in [2.24, 2.45) is 4.99 Å². The average molecular weight is 465 g/mol. The lowest BCUT2D eigenvalue weighted by atomic mass is 10.0. The number of nitrogens with zero attached hydrogens (tertiary/aromatic N) is 4. The molecule has 0 bridgehead atoms. The highest BCUT2D eigenvalue weighted by molar-refractivity contribution is 6.14. The summed E-state index contributed by atoms with van der Waals surface area (Å²) in [6, 6.07) is 6.38. The Balaban J connectivity index is 1.60. The molecule has 34 heavy (non-hydrogen) atoms. The van der Waals surface area contributed by atoms with Crippen molar-refractivity contribution in [3.05, 3.63) is 41.7 Å². The Morgan fingerprint density at radius 1 is 1.29 bits per heavy atom. The number of carbonyl (C=O) groups is 1. The Bertz CT molecular complexity index is 1170. The molecule has 1 saturated heterocycles. The van der Waals surface area contributed by atoms with E-state index in [9.17, 15) is 9.90 Å². The van der Waals surface area contributed by atoms with Crippen LogP contribution in [-0.2, 0) is 0 Å². The van der Waals surface area contributed by atoms with Gasteiger partial charge in [-0.25, -0.2) is 4.99 Å². The summed E-state index contributed by atoms with van der Waals surface area (Å²) in [6.45, 7) is 11.3. The van der Waals surface area contributed by atoms with E-state index < -0.39 is 0 Å². The zero-order chi connectivity index (χ0) is 24.2. The van der Waals surface area contributed by atoms with Crippen LogP contribution in [0.4, 0.5) is 5.69 Å². The third kappa shape index (κ3) is 5.01. The maximum absolute atomic E-state index is 12.5. The van der Waals surface area contributed by atoms with E-state index in [1.165, 1.54) is 0 Å². The van der Waals surface area contributed by atoms with Crippen molar-refractivity contribution in [1.82, 2.24) is 25.0 Å². The van der Waals surface area contributed by atoms with Gasteiger partial charge in [0.25, 0.3) is 5.91 Å². The summed E-state index contributed by atoms with van der Waals surface area (Å²) in [6.07, 6.45) is 7.46. The number of aromatic amines is 1. The van der Waals surface area contributed by atoms with Crippen LogP contribution in [-0.4, -0.2) is 62.1 Å². The standard InChI is InChI=1S/C26H36N6O2/c1-5-11-27-25(33)18-7-8-23-21(14-18)24(26(34)30-23)22(6-2)29-19-15-28-32(16-19)20-9-12-31(13-10-20)17(3)4/h7-8,14-17,20,30,34H,5-6,9-13H2,1-4H3,(H,27,33). The highest BCUT2D eigenvalue weighted by atomic mass is 16.3. The van der Waals surface area contributed by atoms with Crippen molar-refractivity contribution >= 4 is 28.2 Å². The lowest BCUT2D eigenvalue weighted by molar-refractivity contribution is 0.0954. The first-order chi connectivity index (χ1) is 16.4. The molecule has 1 amide bonds. The summed E-state index contributed by atoms with van der Waals surface area (Å²) in [5.41, 5.74) is 3.50. The lowest BCUT2D eigenvalue weighted by Crippen LogP contribution is -2.39. The van der Waals surface area contributed by atoms with Gasteiger partial charge in [0.1, 0.15) is 5.69 Å². The number of aromatic hydroxyl groups is 1. The number of hydrogen-bond acceptors (Lipinski definition) is 5. The first kappa shape index (κ1) is 24.0. The lowest BCUT2D eigenvalue weighted by Gasteiger charge is -2.34. The van der Waals surface area contributed by atoms with Crippen LogP contribution in [0.1, 0.15) is 75.3 Å². The van der Waals surface area contributed by atoms with Crippen LogP contribution in [0.2, 0.25) is 0 Å². The molecule has 8 nitrogen and oxygen atoms in total. The predicted octanol–water partition coefficient (Wildman–Crippen LogP) is 4.79. The molecule has 182 valence electrons. The van der Waals surface area contributed by atoms with E-state index >= 15 is 0 Å². The number of H-pyrrole nitrogens is 1. The van der Waals surface area contributed by atoms with Crippen molar-refractivity contribution in [2.75, 3.05) is 19.6 Å². The molecule has 0 radical (unpaired) electrons. The van der Waals surface area contributed by atoms with E-state index in [0.717, 1.165) is 54.7 Å². The van der Waals surface area contributed by atoms with Crippen LogP contribution in [0.25, 0.3) is 10.9 Å². The topological polar surface area (TPSA) is 98.5 Å². The molecule has 8 heteroatoms. The van der Waals surface area contributed by atoms with E-state index in [1.54, 1.807) is 12.3 Å². The average Bonchev–Trinajstić information content (AvgIpc) is 3.44. The number of hydrogen-bond donors (Lipinski definition) is 3. The van der Waals surface area contributed by atoms with Crippen molar-refractivity contribution in [2.45, 2.75) is 65.5 Å². The molecular formula is C26H36N6O2. The van der Waals surface area contributed by atoms with E-state index in [1.807, 2.05) is 36.9 Å². The van der Waals surface area contributed by atoms with Crippen molar-refractivity contribution in [3.8, 4) is 5.88 Å². The highest BCUT2D eigenvalue weighted by Crippen LogP contribution is 2.31. The summed E-state index contributed by atoms with van der Waals surface area (Å²) < 4.78 is 2.04. The van der Waals surface area contributed by atoms with Gasteiger partial charge in [0.15, 0.2) is 5.88 Å². The summed E-state index contributed by atoms with van der Waals surface area (Å²) in [5, 5.41) is 19.0. The number of piperidine rings is 1. The summed E-state index contributed by atoms with van der Waals surface area (Å²) >= 11 is 0. The molecule has 3 N–H and O–H groups in total. The van der Waals surface area contributed by atoms with E-state index in [2.05, 4.69) is 34.1 Å². The van der Waals surface area contributed by atoms with Gasteiger partial charge in [0.05, 0.1) is 29.7 Å². The Hall–Kier alpha value is -3.13. The van der Waals surface area contributed by atoms with Crippen LogP contribution in [0.3, 0.4) is 0 Å². The fourth-order valence-electron chi connectivity index (χ4n) is 4.67. The monoisotopic (exact) mass is 464 g/mol. The number of amides is 1. The number of likely N-dealkylation sites (tertiary alicyclic amines) is 1. The summed E-state index contributed by atoms with van der Waals surface area (Å²) in [7, 11) is 0. The predicted molar refractivity (Wildman–Crippen MR) is 136 cm³/mol. The molecule has 3 heterocycles. The molecule has 1 aliphatic heterocycles. The van der Waals surface area contributed by atoms with E-state index in [4.69, 9.17) is 4.99 Å². The molecule has 0 spiro atoms. The van der Waals surface area contributed by atoms with Crippen LogP contribution in [0.5, 0.6) is 5.88 Å². The van der Waals surface area contributed by atoms with Gasteiger partial charge in [-0.05, 0) is 57.7 Å². The molecule has 3 aromatic rings. The second kappa shape index (κ2) is 10.4. The Morgan fingerprint density at radius 3 is 2.74 bits per heavy atom. The minimum absolute atomic E-state index is 0.0650. The zero-order valence-corrected chi connectivity index (χ0v) is 20.6. The Morgan fingerprint density at radius 2 is 2.06 bits per heavy atom. The first-order valence-corrected chi connectivity index (χ1v) is 12.4. The van der Waals surface area contributed by atoms with Gasteiger partial charge in [-0.3, -0.25) is 9.48 Å². The van der Waals surface area contributed by atoms with Gasteiger partial charge in [-0.15, -0.1) is 0 Å². The maximum Gasteiger partial charge on any atom is 0.251 e. The SMILES string of the molecule is CCCNC(=O)c1ccc2[nH]c(O)c(C(CC)=Nc3cnn(C4CCN(C(C)C)CC4)c3)c2c1. The smallest absolute Gasteiger partial charge is 0.251 e. The third-order valence-corrected chi connectivity index (χ3v) is 6.66. The van der Waals surface area contributed by atoms with E-state index in [-0.39, 0.29) is 11.8 Å². The van der Waals surface area contributed by atoms with E-state index in [0.29, 0.717) is 36.2 Å². The van der Waals surface area contributed by atoms with Gasteiger partial charge in [0, 0.05) is 42.1 Å². The first-order valence-electron chi connectivity index (χ1n) is 12.4. The van der Waals surface area contributed by atoms with Gasteiger partial charge < -0.3 is 20.3 Å². The fourth-order valence-corrected chi connectivity index (χ4v) is 4.67. The minimum Gasteiger partial charge on any atom is -0.494 e. The molecule has 0 unspecified atom stereocenters. The number of fused-ring (bicyclic) bond motifs is 1.